The van der Waals surface area contributed by atoms with Crippen LogP contribution in [-0.2, 0) is 6.42 Å². The van der Waals surface area contributed by atoms with Gasteiger partial charge in [0.15, 0.2) is 0 Å². The number of aromatic nitrogens is 1. The monoisotopic (exact) mass is 351 g/mol. The number of pyridine rings is 1. The van der Waals surface area contributed by atoms with Crippen LogP contribution in [0.5, 0.6) is 0 Å². The molecule has 0 aliphatic heterocycles. The predicted octanol–water partition coefficient (Wildman–Crippen LogP) is 4.47. The minimum absolute atomic E-state index is 0.258. The van der Waals surface area contributed by atoms with Gasteiger partial charge in [-0.25, -0.2) is 4.39 Å². The molecule has 0 fully saturated rings. The molecule has 20 heavy (non-hydrogen) atoms. The highest BCUT2D eigenvalue weighted by molar-refractivity contribution is 9.10. The SMILES string of the molecule is OC(Cc1ccc(Br)cn1)c1cc2cc(F)ccc2s1. The summed E-state index contributed by atoms with van der Waals surface area (Å²) in [6.07, 6.45) is 1.54. The van der Waals surface area contributed by atoms with Crippen molar-refractivity contribution in [3.8, 4) is 0 Å². The molecule has 0 aliphatic carbocycles. The van der Waals surface area contributed by atoms with Crippen LogP contribution in [0.4, 0.5) is 4.39 Å². The normalized spacial score (nSPS) is 12.8. The van der Waals surface area contributed by atoms with Crippen LogP contribution in [-0.4, -0.2) is 10.1 Å². The lowest BCUT2D eigenvalue weighted by atomic mass is 10.1. The summed E-state index contributed by atoms with van der Waals surface area (Å²) in [5.41, 5.74) is 0.823. The molecule has 5 heteroatoms. The maximum absolute atomic E-state index is 13.2. The highest BCUT2D eigenvalue weighted by Crippen LogP contribution is 2.31. The molecule has 1 N–H and O–H groups in total. The van der Waals surface area contributed by atoms with E-state index in [1.54, 1.807) is 12.3 Å². The first kappa shape index (κ1) is 13.7. The molecule has 1 atom stereocenters. The number of aliphatic hydroxyl groups excluding tert-OH is 1. The Hall–Kier alpha value is -1.30. The molecule has 0 radical (unpaired) electrons. The summed E-state index contributed by atoms with van der Waals surface area (Å²) < 4.78 is 15.0. The van der Waals surface area contributed by atoms with Gasteiger partial charge in [0.25, 0.3) is 0 Å². The third-order valence-electron chi connectivity index (χ3n) is 3.02. The number of halogens is 2. The second-order valence-corrected chi connectivity index (χ2v) is 6.55. The Morgan fingerprint density at radius 2 is 2.10 bits per heavy atom. The second-order valence-electron chi connectivity index (χ2n) is 4.52. The predicted molar refractivity (Wildman–Crippen MR) is 82.4 cm³/mol. The molecule has 1 aromatic carbocycles. The van der Waals surface area contributed by atoms with E-state index >= 15 is 0 Å². The molecule has 0 bridgehead atoms. The summed E-state index contributed by atoms with van der Waals surface area (Å²) in [7, 11) is 0. The Bertz CT molecular complexity index is 741. The van der Waals surface area contributed by atoms with Crippen molar-refractivity contribution in [1.82, 2.24) is 4.98 Å². The fraction of sp³-hybridized carbons (Fsp3) is 0.133. The van der Waals surface area contributed by atoms with Gasteiger partial charge in [-0.3, -0.25) is 4.98 Å². The number of hydrogen-bond acceptors (Lipinski definition) is 3. The van der Waals surface area contributed by atoms with Crippen LogP contribution in [0.2, 0.25) is 0 Å². The molecule has 3 rings (SSSR count). The Balaban J connectivity index is 1.84. The average molecular weight is 352 g/mol. The number of fused-ring (bicyclic) bond motifs is 1. The smallest absolute Gasteiger partial charge is 0.123 e. The van der Waals surface area contributed by atoms with Gasteiger partial charge >= 0.3 is 0 Å². The first-order valence-electron chi connectivity index (χ1n) is 6.09. The summed E-state index contributed by atoms with van der Waals surface area (Å²) in [4.78, 5) is 5.08. The Morgan fingerprint density at radius 1 is 1.25 bits per heavy atom. The van der Waals surface area contributed by atoms with Crippen LogP contribution in [0.25, 0.3) is 10.1 Å². The average Bonchev–Trinajstić information content (AvgIpc) is 2.84. The highest BCUT2D eigenvalue weighted by atomic mass is 79.9. The second kappa shape index (κ2) is 5.60. The van der Waals surface area contributed by atoms with E-state index in [0.29, 0.717) is 6.42 Å². The van der Waals surface area contributed by atoms with Crippen LogP contribution in [0.3, 0.4) is 0 Å². The quantitative estimate of drug-likeness (QED) is 0.754. The maximum atomic E-state index is 13.2. The van der Waals surface area contributed by atoms with Gasteiger partial charge in [-0.05, 0) is 57.7 Å². The van der Waals surface area contributed by atoms with E-state index in [1.165, 1.54) is 23.5 Å². The van der Waals surface area contributed by atoms with Gasteiger partial charge < -0.3 is 5.11 Å². The Morgan fingerprint density at radius 3 is 2.85 bits per heavy atom. The molecule has 2 heterocycles. The minimum atomic E-state index is -0.621. The van der Waals surface area contributed by atoms with E-state index in [9.17, 15) is 9.50 Å². The van der Waals surface area contributed by atoms with Crippen LogP contribution >= 0.6 is 27.3 Å². The van der Waals surface area contributed by atoms with Gasteiger partial charge in [-0.2, -0.15) is 0 Å². The standard InChI is InChI=1S/C15H11BrFNOS/c16-10-1-3-12(18-8-10)7-13(19)15-6-9-5-11(17)2-4-14(9)20-15/h1-6,8,13,19H,7H2. The van der Waals surface area contributed by atoms with E-state index < -0.39 is 6.10 Å². The Labute approximate surface area is 128 Å². The van der Waals surface area contributed by atoms with Crippen molar-refractivity contribution >= 4 is 37.4 Å². The molecule has 0 amide bonds. The van der Waals surface area contributed by atoms with E-state index in [-0.39, 0.29) is 5.82 Å². The molecule has 0 saturated heterocycles. The fourth-order valence-corrected chi connectivity index (χ4v) is 3.29. The fourth-order valence-electron chi connectivity index (χ4n) is 2.02. The molecule has 0 aliphatic rings. The van der Waals surface area contributed by atoms with Crippen LogP contribution in [0.15, 0.2) is 47.1 Å². The van der Waals surface area contributed by atoms with E-state index in [1.807, 2.05) is 18.2 Å². The van der Waals surface area contributed by atoms with Gasteiger partial charge in [0, 0.05) is 32.4 Å². The molecule has 2 aromatic heterocycles. The number of rotatable bonds is 3. The summed E-state index contributed by atoms with van der Waals surface area (Å²) in [5.74, 6) is -0.258. The van der Waals surface area contributed by atoms with Gasteiger partial charge in [0.05, 0.1) is 6.10 Å². The molecular weight excluding hydrogens is 341 g/mol. The zero-order valence-corrected chi connectivity index (χ0v) is 12.8. The molecule has 0 spiro atoms. The lowest BCUT2D eigenvalue weighted by molar-refractivity contribution is 0.181. The van der Waals surface area contributed by atoms with Crippen LogP contribution in [0.1, 0.15) is 16.7 Å². The van der Waals surface area contributed by atoms with Gasteiger partial charge in [-0.15, -0.1) is 11.3 Å². The molecular formula is C15H11BrFNOS. The minimum Gasteiger partial charge on any atom is -0.387 e. The first-order valence-corrected chi connectivity index (χ1v) is 7.70. The molecule has 1 unspecified atom stereocenters. The third kappa shape index (κ3) is 2.90. The number of thiophene rings is 1. The van der Waals surface area contributed by atoms with Crippen molar-refractivity contribution in [2.45, 2.75) is 12.5 Å². The highest BCUT2D eigenvalue weighted by Gasteiger charge is 2.13. The summed E-state index contributed by atoms with van der Waals surface area (Å²) in [6.45, 7) is 0. The van der Waals surface area contributed by atoms with Gasteiger partial charge in [0.2, 0.25) is 0 Å². The summed E-state index contributed by atoms with van der Waals surface area (Å²) >= 11 is 4.81. The van der Waals surface area contributed by atoms with E-state index in [4.69, 9.17) is 0 Å². The molecule has 3 aromatic rings. The van der Waals surface area contributed by atoms with Crippen molar-refractivity contribution in [2.24, 2.45) is 0 Å². The summed E-state index contributed by atoms with van der Waals surface area (Å²) in [5, 5.41) is 11.1. The van der Waals surface area contributed by atoms with E-state index in [0.717, 1.165) is 25.1 Å². The number of aliphatic hydroxyl groups is 1. The third-order valence-corrected chi connectivity index (χ3v) is 4.70. The lowest BCUT2D eigenvalue weighted by Gasteiger charge is -2.07. The van der Waals surface area contributed by atoms with Crippen molar-refractivity contribution in [2.75, 3.05) is 0 Å². The van der Waals surface area contributed by atoms with Crippen molar-refractivity contribution in [3.05, 3.63) is 63.5 Å². The zero-order chi connectivity index (χ0) is 14.1. The van der Waals surface area contributed by atoms with Crippen molar-refractivity contribution < 1.29 is 9.50 Å². The first-order chi connectivity index (χ1) is 9.61. The molecule has 102 valence electrons. The maximum Gasteiger partial charge on any atom is 0.123 e. The summed E-state index contributed by atoms with van der Waals surface area (Å²) in [6, 6.07) is 10.3. The van der Waals surface area contributed by atoms with Gasteiger partial charge in [-0.1, -0.05) is 0 Å². The van der Waals surface area contributed by atoms with Crippen molar-refractivity contribution in [3.63, 3.8) is 0 Å². The topological polar surface area (TPSA) is 33.1 Å². The number of benzene rings is 1. The largest absolute Gasteiger partial charge is 0.387 e. The zero-order valence-electron chi connectivity index (χ0n) is 10.4. The Kier molecular flexibility index (Phi) is 3.83. The van der Waals surface area contributed by atoms with Gasteiger partial charge in [0.1, 0.15) is 5.82 Å². The van der Waals surface area contributed by atoms with Crippen molar-refractivity contribution in [1.29, 1.82) is 0 Å². The van der Waals surface area contributed by atoms with Crippen LogP contribution in [0, 0.1) is 5.82 Å². The number of nitrogens with zero attached hydrogens (tertiary/aromatic N) is 1. The van der Waals surface area contributed by atoms with Crippen LogP contribution < -0.4 is 0 Å². The number of hydrogen-bond donors (Lipinski definition) is 1. The lowest BCUT2D eigenvalue weighted by Crippen LogP contribution is -2.01. The molecule has 0 saturated carbocycles. The van der Waals surface area contributed by atoms with E-state index in [2.05, 4.69) is 20.9 Å². The molecule has 2 nitrogen and oxygen atoms in total.